The molecule has 0 aliphatic carbocycles. The average Bonchev–Trinajstić information content (AvgIpc) is 3.55. The highest BCUT2D eigenvalue weighted by Crippen LogP contribution is 2.46. The molecule has 0 radical (unpaired) electrons. The summed E-state index contributed by atoms with van der Waals surface area (Å²) in [6, 6.07) is 54.8. The van der Waals surface area contributed by atoms with Crippen molar-refractivity contribution >= 4 is 49.6 Å². The van der Waals surface area contributed by atoms with Crippen LogP contribution in [0.4, 0.5) is 17.1 Å². The minimum atomic E-state index is -0.402. The van der Waals surface area contributed by atoms with Gasteiger partial charge in [0.2, 0.25) is 0 Å². The van der Waals surface area contributed by atoms with Gasteiger partial charge in [0.15, 0.2) is 0 Å². The number of nitrogens with zero attached hydrogens (tertiary/aromatic N) is 2. The van der Waals surface area contributed by atoms with Crippen LogP contribution >= 0.6 is 0 Å². The van der Waals surface area contributed by atoms with Gasteiger partial charge in [-0.05, 0) is 70.6 Å². The Morgan fingerprint density at radius 3 is 1.92 bits per heavy atom. The first-order valence-corrected chi connectivity index (χ1v) is 16.0. The molecule has 48 heavy (non-hydrogen) atoms. The predicted molar refractivity (Wildman–Crippen MR) is 204 cm³/mol. The Balaban J connectivity index is 1.29. The van der Waals surface area contributed by atoms with Crippen LogP contribution in [0, 0.1) is 0 Å². The van der Waals surface area contributed by atoms with Gasteiger partial charge in [-0.15, -0.1) is 0 Å². The smallest absolute Gasteiger partial charge is 0.0629 e. The van der Waals surface area contributed by atoms with Gasteiger partial charge in [-0.25, -0.2) is 0 Å². The number of anilines is 3. The van der Waals surface area contributed by atoms with Crippen LogP contribution in [0.1, 0.15) is 6.85 Å². The summed E-state index contributed by atoms with van der Waals surface area (Å²) in [7, 11) is 0. The maximum Gasteiger partial charge on any atom is 0.0629 e. The van der Waals surface area contributed by atoms with Crippen LogP contribution in [0.25, 0.3) is 60.5 Å². The molecule has 0 fully saturated rings. The number of fused-ring (bicyclic) bond motifs is 4. The number of para-hydroxylation sites is 3. The minimum absolute atomic E-state index is 0.182. The summed E-state index contributed by atoms with van der Waals surface area (Å²) in [5.74, 6) is 0. The number of aromatic nitrogens is 1. The van der Waals surface area contributed by atoms with E-state index in [1.54, 1.807) is 0 Å². The standard InChI is InChI=1S/C46H32N2/c1-3-15-33(16-4-1)34-29-31-37(32-30-34)47(42-27-13-18-35-17-7-8-21-38(35)42)43-25-11-9-22-39(43)40-24-14-28-45-46(40)41-23-10-12-26-44(41)48(45)36-19-5-2-6-20-36/h1-32H/i1D,3D,4D,15D,16D. The van der Waals surface area contributed by atoms with Crippen LogP contribution in [0.5, 0.6) is 0 Å². The quantitative estimate of drug-likeness (QED) is 0.180. The zero-order valence-corrected chi connectivity index (χ0v) is 26.0. The van der Waals surface area contributed by atoms with Gasteiger partial charge in [0.25, 0.3) is 0 Å². The van der Waals surface area contributed by atoms with E-state index < -0.39 is 6.04 Å². The van der Waals surface area contributed by atoms with E-state index in [1.807, 2.05) is 36.4 Å². The molecular weight excluding hydrogens is 581 g/mol. The van der Waals surface area contributed by atoms with Crippen LogP contribution in [-0.2, 0) is 0 Å². The lowest BCUT2D eigenvalue weighted by atomic mass is 9.96. The lowest BCUT2D eigenvalue weighted by molar-refractivity contribution is 1.18. The van der Waals surface area contributed by atoms with Gasteiger partial charge in [-0.2, -0.15) is 0 Å². The van der Waals surface area contributed by atoms with Gasteiger partial charge in [0.05, 0.1) is 29.3 Å². The summed E-state index contributed by atoms with van der Waals surface area (Å²) < 4.78 is 44.1. The molecule has 0 unspecified atom stereocenters. The van der Waals surface area contributed by atoms with Crippen molar-refractivity contribution in [2.24, 2.45) is 0 Å². The summed E-state index contributed by atoms with van der Waals surface area (Å²) in [6.07, 6.45) is 0. The zero-order valence-electron chi connectivity index (χ0n) is 31.0. The number of benzene rings is 8. The van der Waals surface area contributed by atoms with Crippen molar-refractivity contribution in [2.45, 2.75) is 0 Å². The van der Waals surface area contributed by atoms with E-state index in [9.17, 15) is 0 Å². The molecule has 9 aromatic rings. The summed E-state index contributed by atoms with van der Waals surface area (Å²) in [5, 5.41) is 4.51. The van der Waals surface area contributed by atoms with Gasteiger partial charge < -0.3 is 9.47 Å². The van der Waals surface area contributed by atoms with Crippen molar-refractivity contribution in [3.8, 4) is 27.9 Å². The highest BCUT2D eigenvalue weighted by atomic mass is 15.1. The summed E-state index contributed by atoms with van der Waals surface area (Å²) in [4.78, 5) is 2.26. The molecule has 2 heteroatoms. The average molecular weight is 618 g/mol. The second-order valence-electron chi connectivity index (χ2n) is 11.8. The minimum Gasteiger partial charge on any atom is -0.309 e. The number of hydrogen-bond donors (Lipinski definition) is 0. The van der Waals surface area contributed by atoms with E-state index >= 15 is 0 Å². The van der Waals surface area contributed by atoms with Crippen LogP contribution in [0.2, 0.25) is 0 Å². The first-order valence-electron chi connectivity index (χ1n) is 18.5. The van der Waals surface area contributed by atoms with E-state index in [4.69, 9.17) is 6.85 Å². The number of rotatable bonds is 6. The fourth-order valence-electron chi connectivity index (χ4n) is 6.98. The third-order valence-electron chi connectivity index (χ3n) is 9.07. The molecule has 2 nitrogen and oxygen atoms in total. The lowest BCUT2D eigenvalue weighted by Crippen LogP contribution is -2.11. The fraction of sp³-hybridized carbons (Fsp3) is 0. The van der Waals surface area contributed by atoms with Crippen LogP contribution in [0.3, 0.4) is 0 Å². The maximum atomic E-state index is 8.59. The SMILES string of the molecule is [2H]c1c([2H])c([2H])c(-c2ccc(N(c3ccccc3-c3cccc4c3c3ccccc3n4-c3ccccc3)c3cccc4ccccc34)cc2)c([2H])c1[2H]. The normalized spacial score (nSPS) is 12.8. The van der Waals surface area contributed by atoms with Crippen molar-refractivity contribution in [1.29, 1.82) is 0 Å². The molecule has 0 saturated heterocycles. The molecule has 0 aliphatic rings. The molecule has 0 spiro atoms. The van der Waals surface area contributed by atoms with Gasteiger partial charge >= 0.3 is 0 Å². The fourth-order valence-corrected chi connectivity index (χ4v) is 6.98. The van der Waals surface area contributed by atoms with Gasteiger partial charge in [0.1, 0.15) is 0 Å². The molecule has 0 N–H and O–H groups in total. The summed E-state index contributed by atoms with van der Waals surface area (Å²) >= 11 is 0. The van der Waals surface area contributed by atoms with Crippen molar-refractivity contribution in [3.05, 3.63) is 194 Å². The Kier molecular flexibility index (Phi) is 5.64. The molecule has 0 bridgehead atoms. The van der Waals surface area contributed by atoms with Crippen LogP contribution in [-0.4, -0.2) is 4.57 Å². The van der Waals surface area contributed by atoms with E-state index in [1.165, 1.54) is 0 Å². The van der Waals surface area contributed by atoms with Gasteiger partial charge in [0, 0.05) is 33.1 Å². The van der Waals surface area contributed by atoms with Gasteiger partial charge in [-0.1, -0.05) is 145 Å². The Hall–Kier alpha value is -6.38. The first-order chi connectivity index (χ1) is 25.9. The van der Waals surface area contributed by atoms with Crippen molar-refractivity contribution in [2.75, 3.05) is 4.90 Å². The highest BCUT2D eigenvalue weighted by molar-refractivity contribution is 6.17. The third kappa shape index (κ3) is 4.66. The molecule has 8 aromatic carbocycles. The topological polar surface area (TPSA) is 8.17 Å². The van der Waals surface area contributed by atoms with Crippen molar-refractivity contribution in [1.82, 2.24) is 4.57 Å². The monoisotopic (exact) mass is 617 g/mol. The Morgan fingerprint density at radius 1 is 0.438 bits per heavy atom. The molecule has 1 aromatic heterocycles. The molecule has 0 amide bonds. The second-order valence-corrected chi connectivity index (χ2v) is 11.8. The molecule has 0 atom stereocenters. The Bertz CT molecular complexity index is 2810. The van der Waals surface area contributed by atoms with Crippen molar-refractivity contribution in [3.63, 3.8) is 0 Å². The lowest BCUT2D eigenvalue weighted by Gasteiger charge is -2.29. The Labute approximate surface area is 287 Å². The third-order valence-corrected chi connectivity index (χ3v) is 9.07. The van der Waals surface area contributed by atoms with Crippen molar-refractivity contribution < 1.29 is 6.85 Å². The number of hydrogen-bond acceptors (Lipinski definition) is 1. The molecule has 1 heterocycles. The second kappa shape index (κ2) is 11.8. The largest absolute Gasteiger partial charge is 0.309 e. The maximum absolute atomic E-state index is 8.59. The van der Waals surface area contributed by atoms with E-state index in [-0.39, 0.29) is 29.7 Å². The summed E-state index contributed by atoms with van der Waals surface area (Å²) in [5.41, 5.74) is 9.06. The molecule has 226 valence electrons. The van der Waals surface area contributed by atoms with E-state index in [0.29, 0.717) is 5.56 Å². The molecule has 0 aliphatic heterocycles. The predicted octanol–water partition coefficient (Wildman–Crippen LogP) is 12.7. The first kappa shape index (κ1) is 23.0. The van der Waals surface area contributed by atoms with E-state index in [2.05, 4.69) is 137 Å². The summed E-state index contributed by atoms with van der Waals surface area (Å²) in [6.45, 7) is 0. The zero-order chi connectivity index (χ0) is 36.2. The van der Waals surface area contributed by atoms with Crippen LogP contribution in [0.15, 0.2) is 194 Å². The van der Waals surface area contributed by atoms with Crippen LogP contribution < -0.4 is 4.90 Å². The van der Waals surface area contributed by atoms with E-state index in [0.717, 1.165) is 66.5 Å². The highest BCUT2D eigenvalue weighted by Gasteiger charge is 2.22. The molecular formula is C46H32N2. The molecule has 9 rings (SSSR count). The van der Waals surface area contributed by atoms with Gasteiger partial charge in [-0.3, -0.25) is 0 Å². The molecule has 0 saturated carbocycles. The Morgan fingerprint density at radius 2 is 1.06 bits per heavy atom.